The van der Waals surface area contributed by atoms with Crippen molar-refractivity contribution >= 4 is 33.1 Å². The van der Waals surface area contributed by atoms with Crippen molar-refractivity contribution in [1.29, 1.82) is 0 Å². The Kier molecular flexibility index (Phi) is 6.56. The summed E-state index contributed by atoms with van der Waals surface area (Å²) in [5.41, 5.74) is 4.93. The number of thiophene rings is 1. The molecular weight excluding hydrogens is 449 g/mol. The van der Waals surface area contributed by atoms with Crippen LogP contribution < -0.4 is 5.32 Å². The van der Waals surface area contributed by atoms with Gasteiger partial charge in [-0.1, -0.05) is 42.5 Å². The molecule has 1 amide bonds. The number of carbonyl (C=O) groups is 1. The summed E-state index contributed by atoms with van der Waals surface area (Å²) in [4.78, 5) is 20.0. The number of benzene rings is 2. The van der Waals surface area contributed by atoms with Gasteiger partial charge in [0.25, 0.3) is 5.91 Å². The molecule has 34 heavy (non-hydrogen) atoms. The standard InChI is InChI=1S/C27H26FN3O2S/c28-22-8-6-18(7-9-22)14-29-25-23(15-30-24-21(16-32)17-34-26(24)25)27(33)31-12-10-20(11-13-31)19-4-2-1-3-5-19/h1-9,15,17,20,32H,10-14,16H2,(H,29,30). The third kappa shape index (κ3) is 4.54. The Morgan fingerprint density at radius 3 is 2.56 bits per heavy atom. The van der Waals surface area contributed by atoms with Gasteiger partial charge in [-0.25, -0.2) is 4.39 Å². The van der Waals surface area contributed by atoms with Gasteiger partial charge in [-0.3, -0.25) is 9.78 Å². The van der Waals surface area contributed by atoms with Gasteiger partial charge in [-0.15, -0.1) is 11.3 Å². The van der Waals surface area contributed by atoms with Crippen LogP contribution in [0.4, 0.5) is 10.1 Å². The number of nitrogens with zero attached hydrogens (tertiary/aromatic N) is 2. The summed E-state index contributed by atoms with van der Waals surface area (Å²) in [7, 11) is 0. The highest BCUT2D eigenvalue weighted by atomic mass is 32.1. The van der Waals surface area contributed by atoms with E-state index in [1.165, 1.54) is 29.0 Å². The quantitative estimate of drug-likeness (QED) is 0.383. The summed E-state index contributed by atoms with van der Waals surface area (Å²) in [6, 6.07) is 16.8. The van der Waals surface area contributed by atoms with Crippen LogP contribution in [-0.4, -0.2) is 34.0 Å². The molecule has 0 aliphatic carbocycles. The first kappa shape index (κ1) is 22.5. The zero-order valence-corrected chi connectivity index (χ0v) is 19.5. The van der Waals surface area contributed by atoms with Crippen LogP contribution in [0.5, 0.6) is 0 Å². The first-order valence-corrected chi connectivity index (χ1v) is 12.3. The number of amides is 1. The lowest BCUT2D eigenvalue weighted by Crippen LogP contribution is -2.38. The number of piperidine rings is 1. The minimum Gasteiger partial charge on any atom is -0.392 e. The molecule has 1 fully saturated rings. The first-order chi connectivity index (χ1) is 16.6. The summed E-state index contributed by atoms with van der Waals surface area (Å²) in [5.74, 6) is 0.142. The van der Waals surface area contributed by atoms with Gasteiger partial charge >= 0.3 is 0 Å². The number of anilines is 1. The maximum atomic E-state index is 13.6. The number of aromatic nitrogens is 1. The Hall–Kier alpha value is -3.29. The van der Waals surface area contributed by atoms with E-state index >= 15 is 0 Å². The normalized spacial score (nSPS) is 14.5. The van der Waals surface area contributed by atoms with E-state index in [0.717, 1.165) is 28.7 Å². The van der Waals surface area contributed by atoms with Crippen LogP contribution in [0.15, 0.2) is 66.2 Å². The minimum atomic E-state index is -0.282. The minimum absolute atomic E-state index is 0.0403. The maximum absolute atomic E-state index is 13.6. The fourth-order valence-corrected chi connectivity index (χ4v) is 5.62. The van der Waals surface area contributed by atoms with E-state index in [9.17, 15) is 14.3 Å². The topological polar surface area (TPSA) is 65.5 Å². The van der Waals surface area contributed by atoms with Gasteiger partial charge in [0.05, 0.1) is 28.1 Å². The molecule has 0 spiro atoms. The average Bonchev–Trinajstić information content (AvgIpc) is 3.32. The number of halogens is 1. The van der Waals surface area contributed by atoms with E-state index in [1.54, 1.807) is 18.3 Å². The zero-order chi connectivity index (χ0) is 23.5. The summed E-state index contributed by atoms with van der Waals surface area (Å²) < 4.78 is 14.2. The zero-order valence-electron chi connectivity index (χ0n) is 18.7. The molecule has 2 aromatic carbocycles. The molecule has 7 heteroatoms. The molecule has 5 nitrogen and oxygen atoms in total. The summed E-state index contributed by atoms with van der Waals surface area (Å²) in [6.45, 7) is 1.73. The SMILES string of the molecule is O=C(c1cnc2c(CO)csc2c1NCc1ccc(F)cc1)N1CCC(c2ccccc2)CC1. The highest BCUT2D eigenvalue weighted by Crippen LogP contribution is 2.35. The number of fused-ring (bicyclic) bond motifs is 1. The highest BCUT2D eigenvalue weighted by molar-refractivity contribution is 7.18. The predicted molar refractivity (Wildman–Crippen MR) is 134 cm³/mol. The van der Waals surface area contributed by atoms with Gasteiger partial charge in [0.2, 0.25) is 0 Å². The molecule has 0 atom stereocenters. The van der Waals surface area contributed by atoms with Crippen LogP contribution in [0.2, 0.25) is 0 Å². The van der Waals surface area contributed by atoms with Crippen molar-refractivity contribution in [1.82, 2.24) is 9.88 Å². The highest BCUT2D eigenvalue weighted by Gasteiger charge is 2.27. The number of carbonyl (C=O) groups excluding carboxylic acids is 1. The Balaban J connectivity index is 1.40. The number of rotatable bonds is 6. The van der Waals surface area contributed by atoms with Crippen LogP contribution in [0, 0.1) is 5.82 Å². The molecule has 0 unspecified atom stereocenters. The van der Waals surface area contributed by atoms with Gasteiger partial charge in [0.1, 0.15) is 5.82 Å². The molecule has 0 radical (unpaired) electrons. The van der Waals surface area contributed by atoms with E-state index in [4.69, 9.17) is 0 Å². The number of aliphatic hydroxyl groups excluding tert-OH is 1. The lowest BCUT2D eigenvalue weighted by molar-refractivity contribution is 0.0713. The van der Waals surface area contributed by atoms with Gasteiger partial charge in [-0.2, -0.15) is 0 Å². The lowest BCUT2D eigenvalue weighted by Gasteiger charge is -2.32. The number of hydrogen-bond donors (Lipinski definition) is 2. The predicted octanol–water partition coefficient (Wildman–Crippen LogP) is 5.56. The molecule has 5 rings (SSSR count). The van der Waals surface area contributed by atoms with Gasteiger partial charge in [0.15, 0.2) is 0 Å². The van der Waals surface area contributed by atoms with Crippen molar-refractivity contribution in [2.45, 2.75) is 31.9 Å². The average molecular weight is 476 g/mol. The Labute approximate surface area is 201 Å². The fraction of sp³-hybridized carbons (Fsp3) is 0.259. The van der Waals surface area contributed by atoms with E-state index in [2.05, 4.69) is 34.6 Å². The number of nitrogens with one attached hydrogen (secondary N) is 1. The number of hydrogen-bond acceptors (Lipinski definition) is 5. The Morgan fingerprint density at radius 2 is 1.85 bits per heavy atom. The van der Waals surface area contributed by atoms with E-state index in [1.807, 2.05) is 16.3 Å². The van der Waals surface area contributed by atoms with Crippen molar-refractivity contribution in [2.24, 2.45) is 0 Å². The fourth-order valence-electron chi connectivity index (χ4n) is 4.58. The van der Waals surface area contributed by atoms with E-state index in [-0.39, 0.29) is 18.3 Å². The Morgan fingerprint density at radius 1 is 1.12 bits per heavy atom. The lowest BCUT2D eigenvalue weighted by atomic mass is 9.89. The molecule has 174 valence electrons. The van der Waals surface area contributed by atoms with E-state index < -0.39 is 0 Å². The molecule has 1 saturated heterocycles. The summed E-state index contributed by atoms with van der Waals surface area (Å²) in [5, 5.41) is 15.0. The Bertz CT molecular complexity index is 1280. The second-order valence-electron chi connectivity index (χ2n) is 8.60. The molecule has 3 heterocycles. The largest absolute Gasteiger partial charge is 0.392 e. The first-order valence-electron chi connectivity index (χ1n) is 11.5. The number of likely N-dealkylation sites (tertiary alicyclic amines) is 1. The van der Waals surface area contributed by atoms with Crippen molar-refractivity contribution in [3.63, 3.8) is 0 Å². The molecule has 0 bridgehead atoms. The van der Waals surface area contributed by atoms with Crippen LogP contribution in [0.1, 0.15) is 45.8 Å². The van der Waals surface area contributed by atoms with Gasteiger partial charge in [0, 0.05) is 31.4 Å². The number of pyridine rings is 1. The second-order valence-corrected chi connectivity index (χ2v) is 9.48. The van der Waals surface area contributed by atoms with Crippen molar-refractivity contribution in [2.75, 3.05) is 18.4 Å². The van der Waals surface area contributed by atoms with Crippen LogP contribution >= 0.6 is 11.3 Å². The summed E-state index contributed by atoms with van der Waals surface area (Å²) in [6.07, 6.45) is 3.47. The summed E-state index contributed by atoms with van der Waals surface area (Å²) >= 11 is 1.46. The molecule has 2 aromatic heterocycles. The molecule has 2 N–H and O–H groups in total. The van der Waals surface area contributed by atoms with Gasteiger partial charge < -0.3 is 15.3 Å². The van der Waals surface area contributed by atoms with Crippen molar-refractivity contribution < 1.29 is 14.3 Å². The second kappa shape index (κ2) is 9.91. The third-order valence-electron chi connectivity index (χ3n) is 6.49. The monoisotopic (exact) mass is 475 g/mol. The molecule has 1 aliphatic heterocycles. The van der Waals surface area contributed by atoms with Crippen molar-refractivity contribution in [3.05, 3.63) is 94.2 Å². The van der Waals surface area contributed by atoms with Crippen LogP contribution in [-0.2, 0) is 13.2 Å². The van der Waals surface area contributed by atoms with Crippen LogP contribution in [0.3, 0.4) is 0 Å². The van der Waals surface area contributed by atoms with E-state index in [0.29, 0.717) is 42.3 Å². The molecule has 0 saturated carbocycles. The molecule has 4 aromatic rings. The molecule has 1 aliphatic rings. The third-order valence-corrected chi connectivity index (χ3v) is 7.53. The maximum Gasteiger partial charge on any atom is 0.257 e. The number of aliphatic hydroxyl groups is 1. The molecular formula is C27H26FN3O2S. The smallest absolute Gasteiger partial charge is 0.257 e. The van der Waals surface area contributed by atoms with Crippen LogP contribution in [0.25, 0.3) is 10.2 Å². The van der Waals surface area contributed by atoms with Gasteiger partial charge in [-0.05, 0) is 47.4 Å². The van der Waals surface area contributed by atoms with Crippen molar-refractivity contribution in [3.8, 4) is 0 Å².